The van der Waals surface area contributed by atoms with E-state index in [1.54, 1.807) is 22.6 Å². The smallest absolute Gasteiger partial charge is 0.231 e. The molecule has 0 aliphatic carbocycles. The van der Waals surface area contributed by atoms with Crippen LogP contribution in [0.4, 0.5) is 0 Å². The van der Waals surface area contributed by atoms with Crippen LogP contribution >= 0.6 is 22.6 Å². The maximum absolute atomic E-state index is 11.5. The van der Waals surface area contributed by atoms with Gasteiger partial charge >= 0.3 is 0 Å². The van der Waals surface area contributed by atoms with Crippen LogP contribution in [0.1, 0.15) is 0 Å². The Hall–Kier alpha value is -0.200. The second-order valence-electron chi connectivity index (χ2n) is 6.26. The molecule has 2 fully saturated rings. The highest BCUT2D eigenvalue weighted by Gasteiger charge is 2.50. The molecule has 2 aliphatic heterocycles. The second kappa shape index (κ2) is 10.0. The molecule has 0 aromatic heterocycles. The molecule has 158 valence electrons. The van der Waals surface area contributed by atoms with Crippen molar-refractivity contribution in [2.75, 3.05) is 17.6 Å². The average molecular weight is 509 g/mol. The van der Waals surface area contributed by atoms with E-state index >= 15 is 0 Å². The molecular weight excluding hydrogens is 485 g/mol. The summed E-state index contributed by atoms with van der Waals surface area (Å²) in [6, 6.07) is 0. The van der Waals surface area contributed by atoms with Gasteiger partial charge in [-0.25, -0.2) is 0 Å². The Morgan fingerprint density at radius 1 is 0.889 bits per heavy atom. The van der Waals surface area contributed by atoms with Crippen LogP contribution in [0.15, 0.2) is 0 Å². The maximum atomic E-state index is 11.5. The summed E-state index contributed by atoms with van der Waals surface area (Å²) in [6.07, 6.45) is -15.0. The van der Waals surface area contributed by atoms with E-state index in [0.717, 1.165) is 0 Å². The van der Waals surface area contributed by atoms with Gasteiger partial charge in [-0.15, -0.1) is 0 Å². The molecule has 2 heterocycles. The van der Waals surface area contributed by atoms with Crippen LogP contribution in [0.5, 0.6) is 0 Å². The van der Waals surface area contributed by atoms with Crippen LogP contribution in [0.25, 0.3) is 0 Å². The van der Waals surface area contributed by atoms with Crippen molar-refractivity contribution < 1.29 is 54.8 Å². The van der Waals surface area contributed by atoms with Gasteiger partial charge in [0, 0.05) is 0 Å². The zero-order valence-corrected chi connectivity index (χ0v) is 16.2. The molecule has 0 saturated carbocycles. The summed E-state index contributed by atoms with van der Waals surface area (Å²) in [6.45, 7) is -1.34. The first-order chi connectivity index (χ1) is 12.7. The predicted molar refractivity (Wildman–Crippen MR) is 93.4 cm³/mol. The molecule has 0 bridgehead atoms. The number of hydrogen-bond donors (Lipinski definition) is 8. The Balaban J connectivity index is 2.11. The monoisotopic (exact) mass is 509 g/mol. The number of rotatable bonds is 6. The Morgan fingerprint density at radius 2 is 1.52 bits per heavy atom. The number of nitrogens with one attached hydrogen (secondary N) is 1. The molecule has 10 atom stereocenters. The van der Waals surface area contributed by atoms with E-state index in [-0.39, 0.29) is 4.43 Å². The van der Waals surface area contributed by atoms with E-state index in [1.165, 1.54) is 0 Å². The maximum Gasteiger partial charge on any atom is 0.231 e. The summed E-state index contributed by atoms with van der Waals surface area (Å²) >= 11 is 1.79. The van der Waals surface area contributed by atoms with Crippen LogP contribution in [0, 0.1) is 0 Å². The number of aliphatic hydroxyl groups excluding tert-OH is 7. The fraction of sp³-hybridized carbons (Fsp3) is 0.929. The zero-order chi connectivity index (χ0) is 20.3. The minimum Gasteiger partial charge on any atom is -0.394 e. The van der Waals surface area contributed by atoms with Crippen LogP contribution in [-0.4, -0.2) is 121 Å². The first-order valence-electron chi connectivity index (χ1n) is 8.18. The first kappa shape index (κ1) is 23.1. The Labute approximate surface area is 167 Å². The fourth-order valence-electron chi connectivity index (χ4n) is 2.91. The van der Waals surface area contributed by atoms with Gasteiger partial charge in [0.2, 0.25) is 5.91 Å². The quantitative estimate of drug-likeness (QED) is 0.126. The summed E-state index contributed by atoms with van der Waals surface area (Å²) in [4.78, 5) is 11.5. The molecule has 8 N–H and O–H groups in total. The molecule has 12 nitrogen and oxygen atoms in total. The normalized spacial score (nSPS) is 45.5. The lowest BCUT2D eigenvalue weighted by Crippen LogP contribution is -2.66. The van der Waals surface area contributed by atoms with Crippen molar-refractivity contribution in [2.45, 2.75) is 61.3 Å². The lowest BCUT2D eigenvalue weighted by atomic mass is 9.96. The molecule has 2 aliphatic rings. The largest absolute Gasteiger partial charge is 0.394 e. The van der Waals surface area contributed by atoms with Crippen molar-refractivity contribution in [1.29, 1.82) is 0 Å². The third-order valence-corrected chi connectivity index (χ3v) is 5.12. The zero-order valence-electron chi connectivity index (χ0n) is 14.0. The highest BCUT2D eigenvalue weighted by molar-refractivity contribution is 14.1. The van der Waals surface area contributed by atoms with Gasteiger partial charge < -0.3 is 55.3 Å². The number of alkyl halides is 1. The van der Waals surface area contributed by atoms with Gasteiger partial charge in [-0.2, -0.15) is 0 Å². The summed E-state index contributed by atoms with van der Waals surface area (Å²) in [5.74, 6) is -0.461. The Bertz CT molecular complexity index is 496. The molecule has 13 heteroatoms. The fourth-order valence-corrected chi connectivity index (χ4v) is 3.13. The summed E-state index contributed by atoms with van der Waals surface area (Å²) in [7, 11) is 0. The minimum absolute atomic E-state index is 0.0784. The van der Waals surface area contributed by atoms with Gasteiger partial charge in [0.1, 0.15) is 48.8 Å². The molecule has 27 heavy (non-hydrogen) atoms. The molecule has 1 amide bonds. The van der Waals surface area contributed by atoms with E-state index in [9.17, 15) is 40.5 Å². The van der Waals surface area contributed by atoms with Gasteiger partial charge in [0.15, 0.2) is 12.5 Å². The first-order valence-corrected chi connectivity index (χ1v) is 9.71. The van der Waals surface area contributed by atoms with Gasteiger partial charge in [0.25, 0.3) is 0 Å². The van der Waals surface area contributed by atoms with E-state index in [2.05, 4.69) is 5.32 Å². The second-order valence-corrected chi connectivity index (χ2v) is 7.02. The molecule has 0 aromatic carbocycles. The summed E-state index contributed by atoms with van der Waals surface area (Å²) in [5, 5.41) is 71.1. The highest BCUT2D eigenvalue weighted by Crippen LogP contribution is 2.28. The number of halogens is 1. The van der Waals surface area contributed by atoms with Gasteiger partial charge in [-0.1, -0.05) is 22.6 Å². The van der Waals surface area contributed by atoms with Crippen molar-refractivity contribution in [3.8, 4) is 0 Å². The van der Waals surface area contributed by atoms with Crippen molar-refractivity contribution in [1.82, 2.24) is 5.32 Å². The van der Waals surface area contributed by atoms with E-state index < -0.39 is 80.5 Å². The van der Waals surface area contributed by atoms with Gasteiger partial charge in [-0.3, -0.25) is 4.79 Å². The standard InChI is InChI=1S/C14H24INO11/c15-1-6(19)16-13-10(23)9(22)12(5(3-18)25-13)27-14-11(24)8(21)7(20)4(2-17)26-14/h4-5,7-14,17-18,20-24H,1-3H2,(H,16,19)/t4?,5?,7-,8?,9?,10?,11?,12+,13+,14-/m0/s1. The summed E-state index contributed by atoms with van der Waals surface area (Å²) < 4.78 is 16.0. The van der Waals surface area contributed by atoms with E-state index in [4.69, 9.17) is 14.2 Å². The number of amides is 1. The Kier molecular flexibility index (Phi) is 8.56. The van der Waals surface area contributed by atoms with Gasteiger partial charge in [-0.05, 0) is 0 Å². The number of ether oxygens (including phenoxy) is 3. The molecule has 6 unspecified atom stereocenters. The number of aliphatic hydroxyl groups is 7. The molecule has 0 spiro atoms. The van der Waals surface area contributed by atoms with Crippen molar-refractivity contribution in [2.24, 2.45) is 0 Å². The third-order valence-electron chi connectivity index (χ3n) is 4.43. The van der Waals surface area contributed by atoms with Crippen LogP contribution in [0.3, 0.4) is 0 Å². The van der Waals surface area contributed by atoms with Gasteiger partial charge in [0.05, 0.1) is 17.6 Å². The Morgan fingerprint density at radius 3 is 2.07 bits per heavy atom. The SMILES string of the molecule is O=C(CI)N[C@@H]1OC(CO)[C@@H](O[C@@H]2OC(CO)[C@H](O)C(O)C2O)C(O)C1O. The molecular formula is C14H24INO11. The minimum atomic E-state index is -1.73. The number of carbonyl (C=O) groups excluding carboxylic acids is 1. The van der Waals surface area contributed by atoms with Crippen molar-refractivity contribution in [3.05, 3.63) is 0 Å². The average Bonchev–Trinajstić information content (AvgIpc) is 2.67. The molecule has 0 aromatic rings. The lowest BCUT2D eigenvalue weighted by Gasteiger charge is -2.46. The molecule has 0 radical (unpaired) electrons. The van der Waals surface area contributed by atoms with Crippen molar-refractivity contribution >= 4 is 28.5 Å². The van der Waals surface area contributed by atoms with Crippen LogP contribution < -0.4 is 5.32 Å². The lowest BCUT2D eigenvalue weighted by molar-refractivity contribution is -0.343. The predicted octanol–water partition coefficient (Wildman–Crippen LogP) is -4.84. The topological polar surface area (TPSA) is 198 Å². The van der Waals surface area contributed by atoms with Crippen molar-refractivity contribution in [3.63, 3.8) is 0 Å². The summed E-state index contributed by atoms with van der Waals surface area (Å²) in [5.41, 5.74) is 0. The van der Waals surface area contributed by atoms with Crippen LogP contribution in [0.2, 0.25) is 0 Å². The number of hydrogen-bond acceptors (Lipinski definition) is 11. The third kappa shape index (κ3) is 5.05. The number of carbonyl (C=O) groups is 1. The van der Waals surface area contributed by atoms with E-state index in [1.807, 2.05) is 0 Å². The molecule has 2 saturated heterocycles. The molecule has 2 rings (SSSR count). The van der Waals surface area contributed by atoms with E-state index in [0.29, 0.717) is 0 Å². The van der Waals surface area contributed by atoms with Crippen LogP contribution in [-0.2, 0) is 19.0 Å². The highest BCUT2D eigenvalue weighted by atomic mass is 127.